The molecule has 0 bridgehead atoms. The summed E-state index contributed by atoms with van der Waals surface area (Å²) in [6.07, 6.45) is 5.20. The van der Waals surface area contributed by atoms with E-state index in [1.807, 2.05) is 30.3 Å². The van der Waals surface area contributed by atoms with Crippen molar-refractivity contribution in [3.05, 3.63) is 35.9 Å². The number of ether oxygens (including phenoxy) is 2. The Morgan fingerprint density at radius 3 is 2.63 bits per heavy atom. The van der Waals surface area contributed by atoms with Crippen LogP contribution in [0.2, 0.25) is 0 Å². The third kappa shape index (κ3) is 5.23. The summed E-state index contributed by atoms with van der Waals surface area (Å²) in [5.41, 5.74) is 0.861. The molecule has 0 aromatic heterocycles. The minimum absolute atomic E-state index is 0.137. The molecule has 0 aliphatic heterocycles. The van der Waals surface area contributed by atoms with Crippen molar-refractivity contribution in [2.24, 2.45) is 0 Å². The van der Waals surface area contributed by atoms with Crippen molar-refractivity contribution in [1.29, 1.82) is 0 Å². The first-order valence-electron chi connectivity index (χ1n) is 5.64. The van der Waals surface area contributed by atoms with E-state index in [1.165, 1.54) is 7.11 Å². The Morgan fingerprint density at radius 2 is 2.05 bits per heavy atom. The van der Waals surface area contributed by atoms with Crippen LogP contribution in [-0.4, -0.2) is 31.6 Å². The minimum atomic E-state index is -0.970. The van der Waals surface area contributed by atoms with Gasteiger partial charge in [-0.25, -0.2) is 4.79 Å². The van der Waals surface area contributed by atoms with Crippen molar-refractivity contribution in [3.8, 4) is 12.3 Å². The second-order valence-electron chi connectivity index (χ2n) is 3.65. The Kier molecular flexibility index (Phi) is 6.13. The molecule has 0 aliphatic rings. The lowest BCUT2D eigenvalue weighted by Gasteiger charge is -2.11. The molecule has 100 valence electrons. The van der Waals surface area contributed by atoms with Gasteiger partial charge < -0.3 is 9.47 Å². The molecule has 0 saturated heterocycles. The van der Waals surface area contributed by atoms with Crippen LogP contribution in [0.15, 0.2) is 30.3 Å². The van der Waals surface area contributed by atoms with Crippen molar-refractivity contribution >= 4 is 11.9 Å². The molecule has 0 heterocycles. The average molecular weight is 261 g/mol. The molecule has 19 heavy (non-hydrogen) atoms. The van der Waals surface area contributed by atoms with Crippen molar-refractivity contribution in [2.75, 3.05) is 13.7 Å². The highest BCUT2D eigenvalue weighted by molar-refractivity contribution is 5.80. The third-order valence-corrected chi connectivity index (χ3v) is 2.30. The summed E-state index contributed by atoms with van der Waals surface area (Å²) in [5, 5.41) is 2.57. The predicted octanol–water partition coefficient (Wildman–Crippen LogP) is 0.494. The van der Waals surface area contributed by atoms with Crippen molar-refractivity contribution in [2.45, 2.75) is 12.6 Å². The number of esters is 2. The van der Waals surface area contributed by atoms with Gasteiger partial charge in [0.1, 0.15) is 6.61 Å². The molecule has 0 spiro atoms. The van der Waals surface area contributed by atoms with Gasteiger partial charge >= 0.3 is 11.9 Å². The van der Waals surface area contributed by atoms with E-state index in [2.05, 4.69) is 16.0 Å². The molecular formula is C14H15NO4. The van der Waals surface area contributed by atoms with E-state index in [0.29, 0.717) is 0 Å². The van der Waals surface area contributed by atoms with E-state index >= 15 is 0 Å². The van der Waals surface area contributed by atoms with Crippen LogP contribution >= 0.6 is 0 Å². The van der Waals surface area contributed by atoms with Crippen molar-refractivity contribution < 1.29 is 19.1 Å². The summed E-state index contributed by atoms with van der Waals surface area (Å²) in [7, 11) is 1.25. The predicted molar refractivity (Wildman–Crippen MR) is 68.9 cm³/mol. The topological polar surface area (TPSA) is 64.6 Å². The lowest BCUT2D eigenvalue weighted by atomic mass is 10.2. The van der Waals surface area contributed by atoms with Crippen molar-refractivity contribution in [1.82, 2.24) is 5.32 Å². The number of carbonyl (C=O) groups is 2. The maximum absolute atomic E-state index is 11.7. The van der Waals surface area contributed by atoms with Crippen LogP contribution in [-0.2, 0) is 25.7 Å². The lowest BCUT2D eigenvalue weighted by molar-refractivity contribution is -0.146. The number of terminal acetylenes is 1. The Balaban J connectivity index is 2.42. The summed E-state index contributed by atoms with van der Waals surface area (Å²) in [6.45, 7) is -0.0104. The summed E-state index contributed by atoms with van der Waals surface area (Å²) < 4.78 is 9.48. The molecule has 5 nitrogen and oxygen atoms in total. The standard InChI is InChI=1S/C14H15NO4/c1-3-12(15-9-13(16)18-2)14(17)19-10-11-7-5-4-6-8-11/h1,4-8,12,15H,9-10H2,2H3. The van der Waals surface area contributed by atoms with Crippen LogP contribution in [0.3, 0.4) is 0 Å². The number of benzene rings is 1. The lowest BCUT2D eigenvalue weighted by Crippen LogP contribution is -2.40. The van der Waals surface area contributed by atoms with Gasteiger partial charge in [0.05, 0.1) is 13.7 Å². The molecule has 1 aromatic carbocycles. The smallest absolute Gasteiger partial charge is 0.336 e. The molecule has 0 saturated carbocycles. The van der Waals surface area contributed by atoms with E-state index < -0.39 is 18.0 Å². The molecule has 1 rings (SSSR count). The highest BCUT2D eigenvalue weighted by Crippen LogP contribution is 2.01. The zero-order valence-electron chi connectivity index (χ0n) is 10.6. The first-order valence-corrected chi connectivity index (χ1v) is 5.64. The summed E-state index contributed by atoms with van der Waals surface area (Å²) >= 11 is 0. The monoisotopic (exact) mass is 261 g/mol. The van der Waals surface area contributed by atoms with Gasteiger partial charge in [0.2, 0.25) is 0 Å². The van der Waals surface area contributed by atoms with Crippen LogP contribution in [0.1, 0.15) is 5.56 Å². The van der Waals surface area contributed by atoms with Crippen LogP contribution in [0.5, 0.6) is 0 Å². The summed E-state index contributed by atoms with van der Waals surface area (Å²) in [6, 6.07) is 8.25. The second kappa shape index (κ2) is 7.90. The number of hydrogen-bond donors (Lipinski definition) is 1. The molecule has 0 radical (unpaired) electrons. The van der Waals surface area contributed by atoms with Crippen LogP contribution in [0.4, 0.5) is 0 Å². The summed E-state index contributed by atoms with van der Waals surface area (Å²) in [5.74, 6) is 1.12. The fraction of sp³-hybridized carbons (Fsp3) is 0.286. The van der Waals surface area contributed by atoms with Gasteiger partial charge in [0, 0.05) is 0 Å². The normalized spacial score (nSPS) is 11.2. The fourth-order valence-electron chi connectivity index (χ4n) is 1.28. The molecule has 0 aliphatic carbocycles. The maximum Gasteiger partial charge on any atom is 0.336 e. The average Bonchev–Trinajstić information content (AvgIpc) is 2.46. The zero-order valence-corrected chi connectivity index (χ0v) is 10.6. The van der Waals surface area contributed by atoms with Gasteiger partial charge in [-0.1, -0.05) is 36.3 Å². The molecule has 5 heteroatoms. The number of methoxy groups -OCH3 is 1. The third-order valence-electron chi connectivity index (χ3n) is 2.30. The van der Waals surface area contributed by atoms with E-state index in [1.54, 1.807) is 0 Å². The van der Waals surface area contributed by atoms with Crippen molar-refractivity contribution in [3.63, 3.8) is 0 Å². The Morgan fingerprint density at radius 1 is 1.37 bits per heavy atom. The Bertz CT molecular complexity index is 464. The molecular weight excluding hydrogens is 246 g/mol. The maximum atomic E-state index is 11.7. The molecule has 1 aromatic rings. The Hall–Kier alpha value is -2.32. The quantitative estimate of drug-likeness (QED) is 0.596. The van der Waals surface area contributed by atoms with Gasteiger partial charge in [-0.05, 0) is 5.56 Å². The van der Waals surface area contributed by atoms with E-state index in [0.717, 1.165) is 5.56 Å². The number of rotatable bonds is 6. The van der Waals surface area contributed by atoms with Crippen LogP contribution < -0.4 is 5.32 Å². The number of nitrogens with one attached hydrogen (secondary N) is 1. The van der Waals surface area contributed by atoms with E-state index in [-0.39, 0.29) is 13.2 Å². The van der Waals surface area contributed by atoms with Crippen LogP contribution in [0, 0.1) is 12.3 Å². The minimum Gasteiger partial charge on any atom is -0.468 e. The van der Waals surface area contributed by atoms with Gasteiger partial charge in [-0.3, -0.25) is 10.1 Å². The first-order chi connectivity index (χ1) is 9.17. The largest absolute Gasteiger partial charge is 0.468 e. The number of carbonyl (C=O) groups excluding carboxylic acids is 2. The zero-order chi connectivity index (χ0) is 14.1. The SMILES string of the molecule is C#CC(NCC(=O)OC)C(=O)OCc1ccccc1. The van der Waals surface area contributed by atoms with E-state index in [9.17, 15) is 9.59 Å². The molecule has 0 amide bonds. The highest BCUT2D eigenvalue weighted by Gasteiger charge is 2.18. The fourth-order valence-corrected chi connectivity index (χ4v) is 1.28. The van der Waals surface area contributed by atoms with Gasteiger partial charge in [-0.2, -0.15) is 0 Å². The number of hydrogen-bond acceptors (Lipinski definition) is 5. The molecule has 1 unspecified atom stereocenters. The van der Waals surface area contributed by atoms with Crippen LogP contribution in [0.25, 0.3) is 0 Å². The highest BCUT2D eigenvalue weighted by atomic mass is 16.5. The second-order valence-corrected chi connectivity index (χ2v) is 3.65. The van der Waals surface area contributed by atoms with Gasteiger partial charge in [0.25, 0.3) is 0 Å². The van der Waals surface area contributed by atoms with Gasteiger partial charge in [-0.15, -0.1) is 6.42 Å². The summed E-state index contributed by atoms with van der Waals surface area (Å²) in [4.78, 5) is 22.6. The van der Waals surface area contributed by atoms with E-state index in [4.69, 9.17) is 11.2 Å². The van der Waals surface area contributed by atoms with Gasteiger partial charge in [0.15, 0.2) is 6.04 Å². The first kappa shape index (κ1) is 14.7. The molecule has 1 N–H and O–H groups in total. The molecule has 0 fully saturated rings. The Labute approximate surface area is 111 Å². The molecule has 1 atom stereocenters.